The molecule has 0 aromatic heterocycles. The van der Waals surface area contributed by atoms with E-state index in [9.17, 15) is 0 Å². The molecule has 2 N–H and O–H groups in total. The lowest BCUT2D eigenvalue weighted by molar-refractivity contribution is 0.967. The Balaban J connectivity index is 2.85. The first kappa shape index (κ1) is 5.64. The standard InChI is InChI=1S/C6H8BN/c1-4-5(7)2-3-6(4)8/h2-3,6H,8H2,1H3. The molecule has 1 atom stereocenters. The Morgan fingerprint density at radius 2 is 2.38 bits per heavy atom. The van der Waals surface area contributed by atoms with Gasteiger partial charge in [0.05, 0.1) is 0 Å². The van der Waals surface area contributed by atoms with Crippen LogP contribution in [-0.2, 0) is 0 Å². The van der Waals surface area contributed by atoms with Crippen LogP contribution in [0, 0.1) is 0 Å². The van der Waals surface area contributed by atoms with E-state index in [1.54, 1.807) is 0 Å². The Labute approximate surface area is 50.7 Å². The van der Waals surface area contributed by atoms with Crippen molar-refractivity contribution in [2.24, 2.45) is 5.73 Å². The number of nitrogens with two attached hydrogens (primary N) is 1. The summed E-state index contributed by atoms with van der Waals surface area (Å²) in [4.78, 5) is 0. The minimum atomic E-state index is 0.0648. The van der Waals surface area contributed by atoms with Crippen LogP contribution >= 0.6 is 0 Å². The van der Waals surface area contributed by atoms with Gasteiger partial charge in [-0.3, -0.25) is 0 Å². The lowest BCUT2D eigenvalue weighted by Crippen LogP contribution is -2.15. The van der Waals surface area contributed by atoms with Gasteiger partial charge in [0.2, 0.25) is 0 Å². The van der Waals surface area contributed by atoms with Crippen molar-refractivity contribution < 1.29 is 0 Å². The molecule has 1 nitrogen and oxygen atoms in total. The van der Waals surface area contributed by atoms with E-state index >= 15 is 0 Å². The first-order valence-corrected chi connectivity index (χ1v) is 2.62. The minimum Gasteiger partial charge on any atom is -0.321 e. The Morgan fingerprint density at radius 1 is 1.75 bits per heavy atom. The van der Waals surface area contributed by atoms with Crippen LogP contribution < -0.4 is 5.73 Å². The summed E-state index contributed by atoms with van der Waals surface area (Å²) in [6.07, 6.45) is 3.74. The van der Waals surface area contributed by atoms with Crippen molar-refractivity contribution in [1.82, 2.24) is 0 Å². The van der Waals surface area contributed by atoms with Crippen LogP contribution in [0.25, 0.3) is 0 Å². The summed E-state index contributed by atoms with van der Waals surface area (Å²) >= 11 is 0. The molecule has 0 heterocycles. The van der Waals surface area contributed by atoms with Crippen molar-refractivity contribution in [3.63, 3.8) is 0 Å². The van der Waals surface area contributed by atoms with Gasteiger partial charge in [-0.15, -0.1) is 0 Å². The predicted molar refractivity (Wildman–Crippen MR) is 35.6 cm³/mol. The molecule has 0 fully saturated rings. The molecule has 0 amide bonds. The maximum atomic E-state index is 5.54. The maximum absolute atomic E-state index is 5.54. The first-order valence-electron chi connectivity index (χ1n) is 2.62. The van der Waals surface area contributed by atoms with Crippen LogP contribution in [0.15, 0.2) is 23.2 Å². The van der Waals surface area contributed by atoms with E-state index in [2.05, 4.69) is 0 Å². The molecule has 0 spiro atoms. The van der Waals surface area contributed by atoms with Gasteiger partial charge in [0.15, 0.2) is 0 Å². The van der Waals surface area contributed by atoms with Crippen LogP contribution in [0.4, 0.5) is 0 Å². The fraction of sp³-hybridized carbons (Fsp3) is 0.333. The van der Waals surface area contributed by atoms with Crippen molar-refractivity contribution in [3.05, 3.63) is 23.2 Å². The van der Waals surface area contributed by atoms with Crippen LogP contribution in [0.3, 0.4) is 0 Å². The molecule has 0 aromatic rings. The topological polar surface area (TPSA) is 26.0 Å². The normalized spacial score (nSPS) is 27.5. The number of allylic oxidation sites excluding steroid dienone is 2. The smallest absolute Gasteiger partial charge is 0.113 e. The van der Waals surface area contributed by atoms with E-state index < -0.39 is 0 Å². The van der Waals surface area contributed by atoms with Crippen molar-refractivity contribution >= 4 is 7.85 Å². The maximum Gasteiger partial charge on any atom is 0.113 e. The Bertz CT molecular complexity index is 158. The third-order valence-corrected chi connectivity index (χ3v) is 1.44. The van der Waals surface area contributed by atoms with Gasteiger partial charge in [-0.2, -0.15) is 0 Å². The fourth-order valence-corrected chi connectivity index (χ4v) is 0.676. The molecule has 1 aliphatic carbocycles. The summed E-state index contributed by atoms with van der Waals surface area (Å²) < 4.78 is 0. The monoisotopic (exact) mass is 105 g/mol. The second-order valence-corrected chi connectivity index (χ2v) is 2.02. The summed E-state index contributed by atoms with van der Waals surface area (Å²) in [5.41, 5.74) is 7.44. The SMILES string of the molecule is [B]C1=C(C)C(N)C=C1. The number of rotatable bonds is 0. The Morgan fingerprint density at radius 3 is 2.50 bits per heavy atom. The molecule has 1 rings (SSSR count). The molecule has 2 heteroatoms. The highest BCUT2D eigenvalue weighted by molar-refractivity contribution is 6.24. The Kier molecular flexibility index (Phi) is 1.26. The van der Waals surface area contributed by atoms with E-state index in [1.807, 2.05) is 19.1 Å². The zero-order chi connectivity index (χ0) is 6.15. The highest BCUT2D eigenvalue weighted by Crippen LogP contribution is 2.13. The highest BCUT2D eigenvalue weighted by atomic mass is 14.6. The first-order chi connectivity index (χ1) is 3.72. The van der Waals surface area contributed by atoms with Gasteiger partial charge in [0, 0.05) is 6.04 Å². The van der Waals surface area contributed by atoms with Crippen molar-refractivity contribution in [1.29, 1.82) is 0 Å². The van der Waals surface area contributed by atoms with Gasteiger partial charge in [-0.25, -0.2) is 0 Å². The number of hydrogen-bond acceptors (Lipinski definition) is 1. The quantitative estimate of drug-likeness (QED) is 0.441. The summed E-state index contributed by atoms with van der Waals surface area (Å²) in [7, 11) is 5.48. The molecule has 40 valence electrons. The molecule has 1 aliphatic rings. The van der Waals surface area contributed by atoms with Crippen LogP contribution in [0.1, 0.15) is 6.92 Å². The molecular weight excluding hydrogens is 96.9 g/mol. The summed E-state index contributed by atoms with van der Waals surface area (Å²) in [5, 5.41) is 0. The fourth-order valence-electron chi connectivity index (χ4n) is 0.676. The highest BCUT2D eigenvalue weighted by Gasteiger charge is 2.06. The molecule has 0 saturated carbocycles. The van der Waals surface area contributed by atoms with Gasteiger partial charge < -0.3 is 5.73 Å². The number of hydrogen-bond donors (Lipinski definition) is 1. The predicted octanol–water partition coefficient (Wildman–Crippen LogP) is 0.326. The molecule has 2 radical (unpaired) electrons. The molecule has 0 saturated heterocycles. The molecule has 8 heavy (non-hydrogen) atoms. The summed E-state index contributed by atoms with van der Waals surface area (Å²) in [5.74, 6) is 0. The molecule has 0 aromatic carbocycles. The van der Waals surface area contributed by atoms with E-state index in [-0.39, 0.29) is 6.04 Å². The molecule has 1 unspecified atom stereocenters. The lowest BCUT2D eigenvalue weighted by atomic mass is 9.93. The average Bonchev–Trinajstić information content (AvgIpc) is 1.98. The van der Waals surface area contributed by atoms with Gasteiger partial charge in [0.25, 0.3) is 0 Å². The van der Waals surface area contributed by atoms with E-state index in [0.717, 1.165) is 11.0 Å². The molecular formula is C6H8BN. The summed E-state index contributed by atoms with van der Waals surface area (Å²) in [6, 6.07) is 0.0648. The third kappa shape index (κ3) is 0.714. The minimum absolute atomic E-state index is 0.0648. The van der Waals surface area contributed by atoms with Crippen LogP contribution in [0.5, 0.6) is 0 Å². The molecule has 0 bridgehead atoms. The second-order valence-electron chi connectivity index (χ2n) is 2.02. The summed E-state index contributed by atoms with van der Waals surface area (Å²) in [6.45, 7) is 1.94. The lowest BCUT2D eigenvalue weighted by Gasteiger charge is -2.00. The van der Waals surface area contributed by atoms with Crippen LogP contribution in [0.2, 0.25) is 0 Å². The van der Waals surface area contributed by atoms with Crippen molar-refractivity contribution in [3.8, 4) is 0 Å². The molecule has 0 aliphatic heterocycles. The van der Waals surface area contributed by atoms with E-state index in [0.29, 0.717) is 0 Å². The van der Waals surface area contributed by atoms with Crippen LogP contribution in [-0.4, -0.2) is 13.9 Å². The third-order valence-electron chi connectivity index (χ3n) is 1.44. The Hall–Kier alpha value is -0.495. The van der Waals surface area contributed by atoms with Crippen molar-refractivity contribution in [2.75, 3.05) is 0 Å². The van der Waals surface area contributed by atoms with E-state index in [4.69, 9.17) is 13.6 Å². The van der Waals surface area contributed by atoms with Gasteiger partial charge in [-0.05, 0) is 6.92 Å². The van der Waals surface area contributed by atoms with Gasteiger partial charge in [0.1, 0.15) is 7.85 Å². The van der Waals surface area contributed by atoms with Crippen molar-refractivity contribution in [2.45, 2.75) is 13.0 Å². The van der Waals surface area contributed by atoms with Gasteiger partial charge >= 0.3 is 0 Å². The van der Waals surface area contributed by atoms with Gasteiger partial charge in [-0.1, -0.05) is 23.2 Å². The largest absolute Gasteiger partial charge is 0.321 e. The second kappa shape index (κ2) is 1.79. The zero-order valence-electron chi connectivity index (χ0n) is 4.89. The van der Waals surface area contributed by atoms with E-state index in [1.165, 1.54) is 0 Å². The average molecular weight is 105 g/mol. The zero-order valence-corrected chi connectivity index (χ0v) is 4.89.